The molecule has 0 saturated heterocycles. The van der Waals surface area contributed by atoms with Gasteiger partial charge < -0.3 is 0 Å². The van der Waals surface area contributed by atoms with Crippen LogP contribution in [0.2, 0.25) is 0 Å². The Bertz CT molecular complexity index is 340. The topological polar surface area (TPSA) is 0 Å². The Hall–Kier alpha value is -1.56. The quantitative estimate of drug-likeness (QED) is 0.617. The summed E-state index contributed by atoms with van der Waals surface area (Å²) in [5.41, 5.74) is 2.51. The number of allylic oxidation sites excluding steroid dienone is 6. The summed E-state index contributed by atoms with van der Waals surface area (Å²) in [7, 11) is 0. The van der Waals surface area contributed by atoms with Crippen molar-refractivity contribution in [3.8, 4) is 0 Å². The van der Waals surface area contributed by atoms with E-state index < -0.39 is 0 Å². The van der Waals surface area contributed by atoms with Gasteiger partial charge in [0.05, 0.1) is 0 Å². The van der Waals surface area contributed by atoms with E-state index in [0.717, 1.165) is 0 Å². The minimum atomic E-state index is 1.25. The molecule has 1 aromatic rings. The molecule has 0 spiro atoms. The van der Waals surface area contributed by atoms with Crippen molar-refractivity contribution in [2.75, 3.05) is 0 Å². The molecular weight excluding hydrogens is 168 g/mol. The zero-order chi connectivity index (χ0) is 10.2. The van der Waals surface area contributed by atoms with Crippen molar-refractivity contribution in [3.05, 3.63) is 66.3 Å². The second-order valence-electron chi connectivity index (χ2n) is 2.99. The highest BCUT2D eigenvalue weighted by Gasteiger charge is 1.92. The third-order valence-electron chi connectivity index (χ3n) is 2.00. The number of benzene rings is 1. The molecule has 0 aliphatic rings. The highest BCUT2D eigenvalue weighted by atomic mass is 14.0. The molecule has 0 aliphatic carbocycles. The molecule has 0 unspecified atom stereocenters. The SMILES string of the molecule is C\C=C/C=C\C(=C/C)c1ccccc1. The Morgan fingerprint density at radius 3 is 2.29 bits per heavy atom. The maximum atomic E-state index is 2.12. The van der Waals surface area contributed by atoms with E-state index in [9.17, 15) is 0 Å². The Labute approximate surface area is 86.3 Å². The predicted octanol–water partition coefficient (Wildman–Crippen LogP) is 4.22. The van der Waals surface area contributed by atoms with Crippen molar-refractivity contribution in [2.24, 2.45) is 0 Å². The molecule has 1 aromatic carbocycles. The van der Waals surface area contributed by atoms with Crippen LogP contribution in [0.15, 0.2) is 60.7 Å². The second-order valence-corrected chi connectivity index (χ2v) is 2.99. The standard InChI is InChI=1S/C14H16/c1-3-5-7-10-13(4-2)14-11-8-6-9-12-14/h3-12H,1-2H3/b5-3-,10-7-,13-4+. The minimum Gasteiger partial charge on any atom is -0.0877 e. The van der Waals surface area contributed by atoms with E-state index in [1.165, 1.54) is 11.1 Å². The van der Waals surface area contributed by atoms with Gasteiger partial charge >= 0.3 is 0 Å². The summed E-state index contributed by atoms with van der Waals surface area (Å²) in [6.07, 6.45) is 10.4. The fourth-order valence-corrected chi connectivity index (χ4v) is 1.26. The van der Waals surface area contributed by atoms with Crippen LogP contribution in [0, 0.1) is 0 Å². The van der Waals surface area contributed by atoms with Crippen LogP contribution < -0.4 is 0 Å². The summed E-state index contributed by atoms with van der Waals surface area (Å²) < 4.78 is 0. The van der Waals surface area contributed by atoms with Gasteiger partial charge in [-0.1, -0.05) is 60.7 Å². The predicted molar refractivity (Wildman–Crippen MR) is 64.0 cm³/mol. The van der Waals surface area contributed by atoms with Crippen LogP contribution in [0.3, 0.4) is 0 Å². The largest absolute Gasteiger partial charge is 0.0877 e. The summed E-state index contributed by atoms with van der Waals surface area (Å²) in [5.74, 6) is 0. The van der Waals surface area contributed by atoms with E-state index in [-0.39, 0.29) is 0 Å². The molecule has 72 valence electrons. The highest BCUT2D eigenvalue weighted by molar-refractivity contribution is 5.73. The van der Waals surface area contributed by atoms with Crippen molar-refractivity contribution < 1.29 is 0 Å². The van der Waals surface area contributed by atoms with E-state index in [1.54, 1.807) is 0 Å². The van der Waals surface area contributed by atoms with E-state index >= 15 is 0 Å². The molecule has 0 aliphatic heterocycles. The summed E-state index contributed by atoms with van der Waals surface area (Å²) in [5, 5.41) is 0. The molecule has 0 aromatic heterocycles. The van der Waals surface area contributed by atoms with Gasteiger partial charge in [-0.05, 0) is 25.0 Å². The van der Waals surface area contributed by atoms with Gasteiger partial charge in [0.15, 0.2) is 0 Å². The van der Waals surface area contributed by atoms with Gasteiger partial charge in [-0.3, -0.25) is 0 Å². The highest BCUT2D eigenvalue weighted by Crippen LogP contribution is 2.14. The van der Waals surface area contributed by atoms with Gasteiger partial charge in [0.2, 0.25) is 0 Å². The molecule has 0 amide bonds. The Balaban J connectivity index is 2.85. The first-order chi connectivity index (χ1) is 6.88. The van der Waals surface area contributed by atoms with E-state index in [1.807, 2.05) is 25.1 Å². The van der Waals surface area contributed by atoms with E-state index in [2.05, 4.69) is 49.4 Å². The molecule has 0 heteroatoms. The molecule has 1 rings (SSSR count). The number of rotatable bonds is 3. The van der Waals surface area contributed by atoms with Gasteiger partial charge in [-0.15, -0.1) is 0 Å². The second kappa shape index (κ2) is 5.98. The Kier molecular flexibility index (Phi) is 4.49. The van der Waals surface area contributed by atoms with E-state index in [4.69, 9.17) is 0 Å². The molecule has 0 bridgehead atoms. The third kappa shape index (κ3) is 3.06. The van der Waals surface area contributed by atoms with Crippen molar-refractivity contribution >= 4 is 5.57 Å². The average molecular weight is 184 g/mol. The molecule has 0 fully saturated rings. The normalized spacial score (nSPS) is 12.9. The monoisotopic (exact) mass is 184 g/mol. The van der Waals surface area contributed by atoms with Gasteiger partial charge in [0.1, 0.15) is 0 Å². The maximum Gasteiger partial charge on any atom is -0.0187 e. The van der Waals surface area contributed by atoms with Gasteiger partial charge in [0, 0.05) is 0 Å². The molecule has 0 heterocycles. The Morgan fingerprint density at radius 2 is 1.71 bits per heavy atom. The van der Waals surface area contributed by atoms with Crippen molar-refractivity contribution in [2.45, 2.75) is 13.8 Å². The number of hydrogen-bond donors (Lipinski definition) is 0. The molecule has 0 nitrogen and oxygen atoms in total. The average Bonchev–Trinajstić information content (AvgIpc) is 2.26. The first-order valence-electron chi connectivity index (χ1n) is 4.89. The fourth-order valence-electron chi connectivity index (χ4n) is 1.26. The van der Waals surface area contributed by atoms with Gasteiger partial charge in [-0.25, -0.2) is 0 Å². The number of hydrogen-bond acceptors (Lipinski definition) is 0. The molecule has 0 N–H and O–H groups in total. The molecule has 0 atom stereocenters. The maximum absolute atomic E-state index is 2.12. The summed E-state index contributed by atoms with van der Waals surface area (Å²) in [4.78, 5) is 0. The lowest BCUT2D eigenvalue weighted by atomic mass is 10.1. The summed E-state index contributed by atoms with van der Waals surface area (Å²) >= 11 is 0. The zero-order valence-corrected chi connectivity index (χ0v) is 8.77. The molecular formula is C14H16. The molecule has 0 radical (unpaired) electrons. The van der Waals surface area contributed by atoms with Crippen LogP contribution in [-0.4, -0.2) is 0 Å². The minimum absolute atomic E-state index is 1.25. The summed E-state index contributed by atoms with van der Waals surface area (Å²) in [6.45, 7) is 4.07. The smallest absolute Gasteiger partial charge is 0.0187 e. The Morgan fingerprint density at radius 1 is 1.00 bits per heavy atom. The third-order valence-corrected chi connectivity index (χ3v) is 2.00. The van der Waals surface area contributed by atoms with Crippen LogP contribution in [0.1, 0.15) is 19.4 Å². The van der Waals surface area contributed by atoms with Gasteiger partial charge in [0.25, 0.3) is 0 Å². The lowest BCUT2D eigenvalue weighted by Gasteiger charge is -1.99. The van der Waals surface area contributed by atoms with Crippen molar-refractivity contribution in [3.63, 3.8) is 0 Å². The first-order valence-corrected chi connectivity index (χ1v) is 4.89. The van der Waals surface area contributed by atoms with Crippen LogP contribution in [0.4, 0.5) is 0 Å². The lowest BCUT2D eigenvalue weighted by Crippen LogP contribution is -1.78. The van der Waals surface area contributed by atoms with Crippen molar-refractivity contribution in [1.29, 1.82) is 0 Å². The molecule has 0 saturated carbocycles. The van der Waals surface area contributed by atoms with E-state index in [0.29, 0.717) is 0 Å². The van der Waals surface area contributed by atoms with Crippen LogP contribution >= 0.6 is 0 Å². The van der Waals surface area contributed by atoms with Gasteiger partial charge in [-0.2, -0.15) is 0 Å². The van der Waals surface area contributed by atoms with Crippen LogP contribution in [-0.2, 0) is 0 Å². The summed E-state index contributed by atoms with van der Waals surface area (Å²) in [6, 6.07) is 10.4. The van der Waals surface area contributed by atoms with Crippen LogP contribution in [0.5, 0.6) is 0 Å². The lowest BCUT2D eigenvalue weighted by molar-refractivity contribution is 1.59. The fraction of sp³-hybridized carbons (Fsp3) is 0.143. The molecule has 14 heavy (non-hydrogen) atoms. The first kappa shape index (κ1) is 10.5. The zero-order valence-electron chi connectivity index (χ0n) is 8.77. The van der Waals surface area contributed by atoms with Crippen molar-refractivity contribution in [1.82, 2.24) is 0 Å². The van der Waals surface area contributed by atoms with Crippen LogP contribution in [0.25, 0.3) is 5.57 Å².